The van der Waals surface area contributed by atoms with Crippen LogP contribution in [0.25, 0.3) is 16.0 Å². The zero-order valence-electron chi connectivity index (χ0n) is 15.8. The number of fused-ring (bicyclic) bond motifs is 2. The van der Waals surface area contributed by atoms with Crippen LogP contribution in [-0.2, 0) is 17.6 Å². The number of aryl methyl sites for hydroxylation is 3. The third-order valence-corrected chi connectivity index (χ3v) is 5.73. The molecule has 144 valence electrons. The number of amides is 1. The van der Waals surface area contributed by atoms with E-state index < -0.39 is 0 Å². The Hall–Kier alpha value is -3.07. The third kappa shape index (κ3) is 3.65. The van der Waals surface area contributed by atoms with Crippen LogP contribution < -0.4 is 11.1 Å². The molecular formula is C19H21N7OS. The maximum absolute atomic E-state index is 12.4. The zero-order chi connectivity index (χ0) is 19.7. The van der Waals surface area contributed by atoms with Crippen molar-refractivity contribution in [3.05, 3.63) is 46.2 Å². The van der Waals surface area contributed by atoms with Crippen molar-refractivity contribution in [1.82, 2.24) is 29.9 Å². The van der Waals surface area contributed by atoms with E-state index in [2.05, 4.69) is 31.4 Å². The van der Waals surface area contributed by atoms with Gasteiger partial charge in [0.15, 0.2) is 0 Å². The number of aromatic nitrogens is 5. The number of hydrogen-bond donors (Lipinski definition) is 2. The molecule has 3 aromatic heterocycles. The Balaban J connectivity index is 1.34. The third-order valence-electron chi connectivity index (χ3n) is 4.63. The second kappa shape index (κ2) is 7.51. The molecule has 28 heavy (non-hydrogen) atoms. The maximum Gasteiger partial charge on any atom is 0.254 e. The van der Waals surface area contributed by atoms with E-state index in [1.807, 2.05) is 32.0 Å². The Morgan fingerprint density at radius 2 is 2.04 bits per heavy atom. The number of nitrogens with two attached hydrogens (primary N) is 1. The van der Waals surface area contributed by atoms with E-state index >= 15 is 0 Å². The minimum absolute atomic E-state index is 0.0373. The molecule has 0 radical (unpaired) electrons. The molecule has 0 aliphatic rings. The van der Waals surface area contributed by atoms with E-state index in [0.29, 0.717) is 12.3 Å². The van der Waals surface area contributed by atoms with Gasteiger partial charge in [-0.05, 0) is 32.4 Å². The van der Waals surface area contributed by atoms with Gasteiger partial charge in [0.25, 0.3) is 5.78 Å². The first kappa shape index (κ1) is 18.3. The van der Waals surface area contributed by atoms with Gasteiger partial charge >= 0.3 is 0 Å². The number of thiazole rings is 1. The van der Waals surface area contributed by atoms with Crippen molar-refractivity contribution < 1.29 is 4.79 Å². The quantitative estimate of drug-likeness (QED) is 0.484. The fourth-order valence-electron chi connectivity index (χ4n) is 3.20. The highest BCUT2D eigenvalue weighted by atomic mass is 32.1. The van der Waals surface area contributed by atoms with Crippen LogP contribution in [0.2, 0.25) is 0 Å². The number of nitrogens with zero attached hydrogens (tertiary/aromatic N) is 5. The molecule has 4 rings (SSSR count). The topological polar surface area (TPSA) is 111 Å². The van der Waals surface area contributed by atoms with Crippen molar-refractivity contribution in [2.75, 3.05) is 12.3 Å². The fourth-order valence-corrected chi connectivity index (χ4v) is 4.21. The Labute approximate surface area is 165 Å². The van der Waals surface area contributed by atoms with Crippen LogP contribution in [0.1, 0.15) is 28.4 Å². The number of para-hydroxylation sites is 1. The largest absolute Gasteiger partial charge is 0.366 e. The van der Waals surface area contributed by atoms with Gasteiger partial charge in [-0.15, -0.1) is 16.4 Å². The summed E-state index contributed by atoms with van der Waals surface area (Å²) in [5.41, 5.74) is 9.13. The van der Waals surface area contributed by atoms with Crippen molar-refractivity contribution in [3.63, 3.8) is 0 Å². The molecule has 0 saturated carbocycles. The van der Waals surface area contributed by atoms with E-state index in [0.717, 1.165) is 40.3 Å². The van der Waals surface area contributed by atoms with Crippen LogP contribution in [0.5, 0.6) is 0 Å². The van der Waals surface area contributed by atoms with Gasteiger partial charge in [-0.2, -0.15) is 9.50 Å². The summed E-state index contributed by atoms with van der Waals surface area (Å²) in [4.78, 5) is 25.5. The minimum atomic E-state index is -0.0373. The molecule has 3 N–H and O–H groups in total. The molecule has 0 saturated heterocycles. The van der Waals surface area contributed by atoms with Gasteiger partial charge in [-0.25, -0.2) is 9.97 Å². The van der Waals surface area contributed by atoms with Gasteiger partial charge in [0.1, 0.15) is 0 Å². The summed E-state index contributed by atoms with van der Waals surface area (Å²) in [5.74, 6) is 0.587. The van der Waals surface area contributed by atoms with Gasteiger partial charge in [0.2, 0.25) is 11.9 Å². The van der Waals surface area contributed by atoms with Crippen molar-refractivity contribution in [3.8, 4) is 0 Å². The summed E-state index contributed by atoms with van der Waals surface area (Å²) in [6, 6.07) is 8.12. The first-order valence-corrected chi connectivity index (χ1v) is 9.92. The maximum atomic E-state index is 12.4. The lowest BCUT2D eigenvalue weighted by Gasteiger charge is -2.10. The summed E-state index contributed by atoms with van der Waals surface area (Å²) >= 11 is 1.71. The van der Waals surface area contributed by atoms with Crippen molar-refractivity contribution >= 4 is 39.2 Å². The highest BCUT2D eigenvalue weighted by Gasteiger charge is 2.15. The van der Waals surface area contributed by atoms with Crippen LogP contribution in [0.4, 0.5) is 5.95 Å². The molecule has 0 aliphatic carbocycles. The molecule has 1 amide bonds. The number of nitrogens with one attached hydrogen (secondary N) is 1. The van der Waals surface area contributed by atoms with Gasteiger partial charge < -0.3 is 11.1 Å². The number of carbonyl (C=O) groups is 1. The van der Waals surface area contributed by atoms with Crippen LogP contribution in [0.15, 0.2) is 24.3 Å². The molecule has 0 aliphatic heterocycles. The lowest BCUT2D eigenvalue weighted by molar-refractivity contribution is -0.120. The number of nitrogen functional groups attached to an aromatic ring is 1. The Morgan fingerprint density at radius 3 is 2.86 bits per heavy atom. The molecule has 1 aromatic carbocycles. The van der Waals surface area contributed by atoms with E-state index in [1.54, 1.807) is 15.9 Å². The summed E-state index contributed by atoms with van der Waals surface area (Å²) in [7, 11) is 0. The summed E-state index contributed by atoms with van der Waals surface area (Å²) in [6.45, 7) is 4.37. The van der Waals surface area contributed by atoms with E-state index in [4.69, 9.17) is 5.73 Å². The summed E-state index contributed by atoms with van der Waals surface area (Å²) < 4.78 is 2.78. The lowest BCUT2D eigenvalue weighted by atomic mass is 10.1. The Bertz CT molecular complexity index is 1130. The second-order valence-corrected chi connectivity index (χ2v) is 7.76. The number of carbonyl (C=O) groups excluding carboxylic acids is 1. The smallest absolute Gasteiger partial charge is 0.254 e. The first-order valence-electron chi connectivity index (χ1n) is 9.11. The fraction of sp³-hybridized carbons (Fsp3) is 0.316. The predicted molar refractivity (Wildman–Crippen MR) is 109 cm³/mol. The van der Waals surface area contributed by atoms with E-state index in [-0.39, 0.29) is 18.3 Å². The van der Waals surface area contributed by atoms with Crippen LogP contribution >= 0.6 is 11.3 Å². The molecule has 4 aromatic rings. The molecule has 9 heteroatoms. The number of anilines is 1. The second-order valence-electron chi connectivity index (χ2n) is 6.65. The van der Waals surface area contributed by atoms with Gasteiger partial charge in [-0.1, -0.05) is 12.1 Å². The predicted octanol–water partition coefficient (Wildman–Crippen LogP) is 2.22. The highest BCUT2D eigenvalue weighted by molar-refractivity contribution is 7.18. The normalized spacial score (nSPS) is 11.4. The highest BCUT2D eigenvalue weighted by Crippen LogP contribution is 2.22. The monoisotopic (exact) mass is 395 g/mol. The van der Waals surface area contributed by atoms with Gasteiger partial charge in [0.05, 0.1) is 21.6 Å². The molecule has 8 nitrogen and oxygen atoms in total. The Morgan fingerprint density at radius 1 is 1.21 bits per heavy atom. The molecule has 0 bridgehead atoms. The van der Waals surface area contributed by atoms with Crippen molar-refractivity contribution in [2.24, 2.45) is 0 Å². The number of hydrogen-bond acceptors (Lipinski definition) is 7. The Kier molecular flexibility index (Phi) is 4.91. The number of benzene rings is 1. The summed E-state index contributed by atoms with van der Waals surface area (Å²) in [5, 5.41) is 8.21. The lowest BCUT2D eigenvalue weighted by Crippen LogP contribution is -2.27. The first-order chi connectivity index (χ1) is 13.5. The van der Waals surface area contributed by atoms with Crippen LogP contribution in [-0.4, -0.2) is 37.0 Å². The van der Waals surface area contributed by atoms with Gasteiger partial charge in [-0.3, -0.25) is 4.79 Å². The molecule has 3 heterocycles. The molecular weight excluding hydrogens is 374 g/mol. The standard InChI is InChI=1S/C19H21N7OS/c1-11-13(12(2)26-19(22-11)24-18(20)25-26)10-16(27)21-9-5-8-17-23-14-6-3-4-7-15(14)28-17/h3-4,6-7H,5,8-10H2,1-2H3,(H2,20,25)(H,21,27). The SMILES string of the molecule is Cc1nc2nc(N)nn2c(C)c1CC(=O)NCCCc1nc2ccccc2s1. The molecule has 0 fully saturated rings. The molecule has 0 unspecified atom stereocenters. The van der Waals surface area contributed by atoms with Crippen molar-refractivity contribution in [1.29, 1.82) is 0 Å². The molecule has 0 spiro atoms. The van der Waals surface area contributed by atoms with E-state index in [9.17, 15) is 4.79 Å². The zero-order valence-corrected chi connectivity index (χ0v) is 16.6. The average Bonchev–Trinajstić information content (AvgIpc) is 3.24. The number of rotatable bonds is 6. The average molecular weight is 395 g/mol. The summed E-state index contributed by atoms with van der Waals surface area (Å²) in [6.07, 6.45) is 1.95. The minimum Gasteiger partial charge on any atom is -0.366 e. The molecule has 0 atom stereocenters. The van der Waals surface area contributed by atoms with Gasteiger partial charge in [0, 0.05) is 29.9 Å². The van der Waals surface area contributed by atoms with Crippen LogP contribution in [0.3, 0.4) is 0 Å². The van der Waals surface area contributed by atoms with Crippen LogP contribution in [0, 0.1) is 13.8 Å². The van der Waals surface area contributed by atoms with E-state index in [1.165, 1.54) is 4.70 Å². The van der Waals surface area contributed by atoms with Crippen molar-refractivity contribution in [2.45, 2.75) is 33.1 Å².